The molecule has 6 nitrogen and oxygen atoms in total. The van der Waals surface area contributed by atoms with Crippen molar-refractivity contribution in [2.75, 3.05) is 37.9 Å². The maximum atomic E-state index is 12.2. The summed E-state index contributed by atoms with van der Waals surface area (Å²) < 4.78 is 5.06. The minimum absolute atomic E-state index is 0.0239. The van der Waals surface area contributed by atoms with Gasteiger partial charge in [-0.1, -0.05) is 6.92 Å². The minimum Gasteiger partial charge on any atom is -0.497 e. The first-order valence-electron chi connectivity index (χ1n) is 6.62. The van der Waals surface area contributed by atoms with Crippen molar-refractivity contribution in [3.8, 4) is 5.75 Å². The summed E-state index contributed by atoms with van der Waals surface area (Å²) in [5.41, 5.74) is 6.88. The molecular weight excluding hydrogens is 258 g/mol. The summed E-state index contributed by atoms with van der Waals surface area (Å²) in [7, 11) is 1.56. The molecule has 0 aliphatic heterocycles. The Morgan fingerprint density at radius 2 is 2.25 bits per heavy atom. The van der Waals surface area contributed by atoms with Crippen LogP contribution >= 0.6 is 0 Å². The largest absolute Gasteiger partial charge is 0.497 e. The number of nitrogens with one attached hydrogen (secondary N) is 1. The zero-order valence-electron chi connectivity index (χ0n) is 12.2. The smallest absolute Gasteiger partial charge is 0.241 e. The first-order valence-corrected chi connectivity index (χ1v) is 6.62. The number of aliphatic hydroxyl groups excluding tert-OH is 1. The predicted octanol–water partition coefficient (Wildman–Crippen LogP) is 0.919. The molecule has 0 aliphatic rings. The fourth-order valence-corrected chi connectivity index (χ4v) is 1.94. The van der Waals surface area contributed by atoms with Crippen molar-refractivity contribution in [2.24, 2.45) is 0 Å². The summed E-state index contributed by atoms with van der Waals surface area (Å²) in [6, 6.07) is 4.77. The average Bonchev–Trinajstić information content (AvgIpc) is 2.45. The van der Waals surface area contributed by atoms with E-state index in [0.29, 0.717) is 30.2 Å². The molecule has 0 spiro atoms. The van der Waals surface area contributed by atoms with E-state index in [4.69, 9.17) is 15.6 Å². The van der Waals surface area contributed by atoms with Crippen LogP contribution < -0.4 is 15.8 Å². The van der Waals surface area contributed by atoms with Crippen LogP contribution in [0.3, 0.4) is 0 Å². The van der Waals surface area contributed by atoms with Crippen molar-refractivity contribution >= 4 is 17.3 Å². The fraction of sp³-hybridized carbons (Fsp3) is 0.500. The van der Waals surface area contributed by atoms with Gasteiger partial charge >= 0.3 is 0 Å². The summed E-state index contributed by atoms with van der Waals surface area (Å²) in [5, 5.41) is 11.8. The maximum Gasteiger partial charge on any atom is 0.241 e. The third-order valence-electron chi connectivity index (χ3n) is 3.24. The zero-order valence-corrected chi connectivity index (χ0v) is 12.2. The second kappa shape index (κ2) is 7.72. The number of nitrogen functional groups attached to an aromatic ring is 1. The Morgan fingerprint density at radius 3 is 2.75 bits per heavy atom. The Hall–Kier alpha value is -1.79. The summed E-state index contributed by atoms with van der Waals surface area (Å²) in [5.74, 6) is 0.487. The third kappa shape index (κ3) is 4.11. The molecule has 0 radical (unpaired) electrons. The number of benzene rings is 1. The van der Waals surface area contributed by atoms with Gasteiger partial charge in [0.25, 0.3) is 0 Å². The van der Waals surface area contributed by atoms with Crippen LogP contribution in [0.4, 0.5) is 11.4 Å². The summed E-state index contributed by atoms with van der Waals surface area (Å²) in [6.07, 6.45) is 0. The Morgan fingerprint density at radius 1 is 1.55 bits per heavy atom. The topological polar surface area (TPSA) is 87.8 Å². The second-order valence-electron chi connectivity index (χ2n) is 4.47. The van der Waals surface area contributed by atoms with Crippen molar-refractivity contribution < 1.29 is 14.6 Å². The Labute approximate surface area is 119 Å². The number of likely N-dealkylation sites (N-methyl/N-ethyl adjacent to an activating group) is 1. The molecule has 20 heavy (non-hydrogen) atoms. The number of nitrogens with two attached hydrogens (primary N) is 1. The van der Waals surface area contributed by atoms with E-state index in [1.165, 1.54) is 0 Å². The molecule has 1 atom stereocenters. The molecule has 0 aliphatic carbocycles. The summed E-state index contributed by atoms with van der Waals surface area (Å²) in [6.45, 7) is 4.92. The van der Waals surface area contributed by atoms with Crippen molar-refractivity contribution in [3.05, 3.63) is 18.2 Å². The van der Waals surface area contributed by atoms with Crippen LogP contribution in [0.15, 0.2) is 18.2 Å². The highest BCUT2D eigenvalue weighted by atomic mass is 16.5. The van der Waals surface area contributed by atoms with Gasteiger partial charge in [-0.2, -0.15) is 0 Å². The molecule has 0 saturated carbocycles. The molecule has 0 aromatic heterocycles. The lowest BCUT2D eigenvalue weighted by atomic mass is 10.2. The molecule has 112 valence electrons. The minimum atomic E-state index is -0.339. The van der Waals surface area contributed by atoms with Crippen LogP contribution in [0.1, 0.15) is 13.8 Å². The van der Waals surface area contributed by atoms with Gasteiger partial charge < -0.3 is 20.9 Å². The van der Waals surface area contributed by atoms with E-state index in [0.717, 1.165) is 0 Å². The molecule has 1 aromatic rings. The quantitative estimate of drug-likeness (QED) is 0.647. The van der Waals surface area contributed by atoms with E-state index in [-0.39, 0.29) is 18.6 Å². The Balaban J connectivity index is 2.74. The second-order valence-corrected chi connectivity index (χ2v) is 4.47. The van der Waals surface area contributed by atoms with Gasteiger partial charge in [-0.3, -0.25) is 9.69 Å². The molecule has 0 bridgehead atoms. The normalized spacial score (nSPS) is 12.2. The Kier molecular flexibility index (Phi) is 6.27. The predicted molar refractivity (Wildman–Crippen MR) is 79.8 cm³/mol. The number of aliphatic hydroxyl groups is 1. The van der Waals surface area contributed by atoms with Crippen LogP contribution in [-0.4, -0.2) is 48.8 Å². The number of carbonyl (C=O) groups is 1. The highest BCUT2D eigenvalue weighted by molar-refractivity contribution is 5.97. The number of amides is 1. The first kappa shape index (κ1) is 16.3. The zero-order chi connectivity index (χ0) is 15.1. The molecule has 0 fully saturated rings. The summed E-state index contributed by atoms with van der Waals surface area (Å²) in [4.78, 5) is 14.1. The van der Waals surface area contributed by atoms with Crippen LogP contribution in [0.5, 0.6) is 5.75 Å². The molecule has 1 unspecified atom stereocenters. The maximum absolute atomic E-state index is 12.2. The standard InChI is InChI=1S/C14H23N3O3/c1-4-17(7-8-18)10(2)14(19)16-13-6-5-11(20-3)9-12(13)15/h5-6,9-10,18H,4,7-8,15H2,1-3H3,(H,16,19). The van der Waals surface area contributed by atoms with E-state index < -0.39 is 0 Å². The van der Waals surface area contributed by atoms with Crippen LogP contribution in [0, 0.1) is 0 Å². The number of hydrogen-bond acceptors (Lipinski definition) is 5. The number of anilines is 2. The van der Waals surface area contributed by atoms with Gasteiger partial charge in [0.2, 0.25) is 5.91 Å². The van der Waals surface area contributed by atoms with Crippen molar-refractivity contribution in [2.45, 2.75) is 19.9 Å². The average molecular weight is 281 g/mol. The molecule has 1 rings (SSSR count). The van der Waals surface area contributed by atoms with Gasteiger partial charge in [-0.25, -0.2) is 0 Å². The SMILES string of the molecule is CCN(CCO)C(C)C(=O)Nc1ccc(OC)cc1N. The Bertz CT molecular complexity index is 451. The molecule has 1 aromatic carbocycles. The van der Waals surface area contributed by atoms with Crippen LogP contribution in [0.25, 0.3) is 0 Å². The lowest BCUT2D eigenvalue weighted by molar-refractivity contribution is -0.120. The highest BCUT2D eigenvalue weighted by Gasteiger charge is 2.20. The number of carbonyl (C=O) groups excluding carboxylic acids is 1. The van der Waals surface area contributed by atoms with Crippen molar-refractivity contribution in [1.29, 1.82) is 0 Å². The van der Waals surface area contributed by atoms with Gasteiger partial charge in [0, 0.05) is 12.6 Å². The third-order valence-corrected chi connectivity index (χ3v) is 3.24. The van der Waals surface area contributed by atoms with Gasteiger partial charge in [0.15, 0.2) is 0 Å². The van der Waals surface area contributed by atoms with E-state index in [1.54, 1.807) is 32.2 Å². The van der Waals surface area contributed by atoms with Crippen LogP contribution in [0.2, 0.25) is 0 Å². The molecule has 1 amide bonds. The molecule has 0 heterocycles. The molecular formula is C14H23N3O3. The number of nitrogens with zero attached hydrogens (tertiary/aromatic N) is 1. The van der Waals surface area contributed by atoms with Crippen LogP contribution in [-0.2, 0) is 4.79 Å². The number of rotatable bonds is 7. The fourth-order valence-electron chi connectivity index (χ4n) is 1.94. The molecule has 4 N–H and O–H groups in total. The lowest BCUT2D eigenvalue weighted by Gasteiger charge is -2.26. The van der Waals surface area contributed by atoms with Gasteiger partial charge in [0.05, 0.1) is 31.1 Å². The van der Waals surface area contributed by atoms with E-state index in [2.05, 4.69) is 5.32 Å². The lowest BCUT2D eigenvalue weighted by Crippen LogP contribution is -2.43. The summed E-state index contributed by atoms with van der Waals surface area (Å²) >= 11 is 0. The van der Waals surface area contributed by atoms with Gasteiger partial charge in [-0.15, -0.1) is 0 Å². The van der Waals surface area contributed by atoms with Gasteiger partial charge in [-0.05, 0) is 25.6 Å². The number of methoxy groups -OCH3 is 1. The van der Waals surface area contributed by atoms with E-state index >= 15 is 0 Å². The van der Waals surface area contributed by atoms with Crippen molar-refractivity contribution in [1.82, 2.24) is 4.90 Å². The van der Waals surface area contributed by atoms with E-state index in [1.807, 2.05) is 11.8 Å². The number of ether oxygens (including phenoxy) is 1. The first-order chi connectivity index (χ1) is 9.53. The van der Waals surface area contributed by atoms with E-state index in [9.17, 15) is 4.79 Å². The van der Waals surface area contributed by atoms with Crippen molar-refractivity contribution in [3.63, 3.8) is 0 Å². The monoisotopic (exact) mass is 281 g/mol. The molecule has 6 heteroatoms. The highest BCUT2D eigenvalue weighted by Crippen LogP contribution is 2.24. The molecule has 0 saturated heterocycles. The number of hydrogen-bond donors (Lipinski definition) is 3. The van der Waals surface area contributed by atoms with Gasteiger partial charge in [0.1, 0.15) is 5.75 Å².